The van der Waals surface area contributed by atoms with Crippen LogP contribution in [0.25, 0.3) is 16.7 Å². The fourth-order valence-corrected chi connectivity index (χ4v) is 4.32. The molecule has 0 spiro atoms. The minimum atomic E-state index is -0.118. The van der Waals surface area contributed by atoms with E-state index in [1.807, 2.05) is 23.1 Å². The maximum atomic E-state index is 12.2. The number of thioether (sulfide) groups is 1. The van der Waals surface area contributed by atoms with Crippen molar-refractivity contribution in [2.24, 2.45) is 0 Å². The number of aryl methyl sites for hydroxylation is 3. The molecule has 1 N–H and O–H groups in total. The third-order valence-corrected chi connectivity index (χ3v) is 6.00. The summed E-state index contributed by atoms with van der Waals surface area (Å²) >= 11 is 2.77. The Hall–Kier alpha value is -2.78. The largest absolute Gasteiger partial charge is 0.301 e. The molecule has 0 aliphatic heterocycles. The van der Waals surface area contributed by atoms with Crippen molar-refractivity contribution in [1.82, 2.24) is 24.7 Å². The van der Waals surface area contributed by atoms with Gasteiger partial charge in [-0.25, -0.2) is 19.6 Å². The lowest BCUT2D eigenvalue weighted by molar-refractivity contribution is -0.113. The van der Waals surface area contributed by atoms with Crippen LogP contribution in [-0.2, 0) is 4.79 Å². The Labute approximate surface area is 170 Å². The predicted octanol–water partition coefficient (Wildman–Crippen LogP) is 3.93. The van der Waals surface area contributed by atoms with Gasteiger partial charge in [-0.15, -0.1) is 11.3 Å². The summed E-state index contributed by atoms with van der Waals surface area (Å²) in [7, 11) is 0. The molecule has 4 rings (SSSR count). The summed E-state index contributed by atoms with van der Waals surface area (Å²) in [4.78, 5) is 25.2. The number of nitrogens with zero attached hydrogens (tertiary/aromatic N) is 5. The number of hydrogen-bond donors (Lipinski definition) is 1. The SMILES string of the molecule is Cc1ccc(-n2ncc3c(SCC(=O)Nc4nc(C)cs4)ncnc32)c(C)c1. The summed E-state index contributed by atoms with van der Waals surface area (Å²) in [6, 6.07) is 6.21. The summed E-state index contributed by atoms with van der Waals surface area (Å²) in [5.41, 5.74) is 4.91. The molecule has 4 aromatic rings. The molecule has 28 heavy (non-hydrogen) atoms. The Morgan fingerprint density at radius 1 is 1.25 bits per heavy atom. The van der Waals surface area contributed by atoms with Crippen molar-refractivity contribution in [3.8, 4) is 5.69 Å². The summed E-state index contributed by atoms with van der Waals surface area (Å²) < 4.78 is 1.81. The molecule has 1 aromatic carbocycles. The number of amides is 1. The van der Waals surface area contributed by atoms with E-state index in [1.54, 1.807) is 6.20 Å². The fourth-order valence-electron chi connectivity index (χ4n) is 2.86. The monoisotopic (exact) mass is 410 g/mol. The van der Waals surface area contributed by atoms with Crippen molar-refractivity contribution in [3.63, 3.8) is 0 Å². The highest BCUT2D eigenvalue weighted by molar-refractivity contribution is 8.00. The lowest BCUT2D eigenvalue weighted by atomic mass is 10.1. The minimum absolute atomic E-state index is 0.118. The van der Waals surface area contributed by atoms with Crippen molar-refractivity contribution in [1.29, 1.82) is 0 Å². The van der Waals surface area contributed by atoms with Gasteiger partial charge in [0.15, 0.2) is 10.8 Å². The van der Waals surface area contributed by atoms with Crippen LogP contribution in [0.15, 0.2) is 41.1 Å². The highest BCUT2D eigenvalue weighted by Gasteiger charge is 2.14. The van der Waals surface area contributed by atoms with Gasteiger partial charge in [0.05, 0.1) is 28.7 Å². The van der Waals surface area contributed by atoms with Gasteiger partial charge in [-0.2, -0.15) is 5.10 Å². The molecule has 142 valence electrons. The zero-order valence-corrected chi connectivity index (χ0v) is 17.3. The minimum Gasteiger partial charge on any atom is -0.301 e. The number of benzene rings is 1. The molecular formula is C19H18N6OS2. The molecule has 0 unspecified atom stereocenters. The second kappa shape index (κ2) is 7.69. The Kier molecular flexibility index (Phi) is 5.10. The normalized spacial score (nSPS) is 11.1. The van der Waals surface area contributed by atoms with Crippen LogP contribution >= 0.6 is 23.1 Å². The Bertz CT molecular complexity index is 1170. The first-order chi connectivity index (χ1) is 13.5. The van der Waals surface area contributed by atoms with Gasteiger partial charge in [0, 0.05) is 5.38 Å². The summed E-state index contributed by atoms with van der Waals surface area (Å²) in [5.74, 6) is 0.118. The van der Waals surface area contributed by atoms with Gasteiger partial charge in [-0.3, -0.25) is 4.79 Å². The molecule has 0 fully saturated rings. The maximum Gasteiger partial charge on any atom is 0.236 e. The highest BCUT2D eigenvalue weighted by Crippen LogP contribution is 2.27. The lowest BCUT2D eigenvalue weighted by Crippen LogP contribution is -2.14. The van der Waals surface area contributed by atoms with Crippen LogP contribution in [0.5, 0.6) is 0 Å². The van der Waals surface area contributed by atoms with Gasteiger partial charge >= 0.3 is 0 Å². The van der Waals surface area contributed by atoms with Crippen molar-refractivity contribution in [3.05, 3.63) is 52.9 Å². The zero-order valence-electron chi connectivity index (χ0n) is 15.6. The van der Waals surface area contributed by atoms with Crippen molar-refractivity contribution in [2.75, 3.05) is 11.1 Å². The number of thiazole rings is 1. The zero-order chi connectivity index (χ0) is 19.7. The van der Waals surface area contributed by atoms with Crippen molar-refractivity contribution < 1.29 is 4.79 Å². The van der Waals surface area contributed by atoms with Gasteiger partial charge in [0.25, 0.3) is 0 Å². The molecule has 0 saturated heterocycles. The molecule has 3 aromatic heterocycles. The quantitative estimate of drug-likeness (QED) is 0.396. The summed E-state index contributed by atoms with van der Waals surface area (Å²) in [6.45, 7) is 6.01. The second-order valence-electron chi connectivity index (χ2n) is 6.39. The number of fused-ring (bicyclic) bond motifs is 1. The van der Waals surface area contributed by atoms with Crippen LogP contribution < -0.4 is 5.32 Å². The number of carbonyl (C=O) groups is 1. The Balaban J connectivity index is 1.55. The fraction of sp³-hybridized carbons (Fsp3) is 0.211. The summed E-state index contributed by atoms with van der Waals surface area (Å²) in [6.07, 6.45) is 3.26. The standard InChI is InChI=1S/C19H18N6OS2/c1-11-4-5-15(12(2)6-11)25-17-14(7-22-25)18(21-10-20-17)27-9-16(26)24-19-23-13(3)8-28-19/h4-8,10H,9H2,1-3H3,(H,23,24,26). The molecule has 3 heterocycles. The average Bonchev–Trinajstić information content (AvgIpc) is 3.26. The van der Waals surface area contributed by atoms with Crippen LogP contribution in [0.4, 0.5) is 5.13 Å². The molecule has 0 aliphatic carbocycles. The number of nitrogens with one attached hydrogen (secondary N) is 1. The highest BCUT2D eigenvalue weighted by atomic mass is 32.2. The van der Waals surface area contributed by atoms with Crippen LogP contribution in [-0.4, -0.2) is 36.4 Å². The van der Waals surface area contributed by atoms with E-state index in [0.29, 0.717) is 5.13 Å². The first-order valence-corrected chi connectivity index (χ1v) is 10.5. The second-order valence-corrected chi connectivity index (χ2v) is 8.22. The van der Waals surface area contributed by atoms with Crippen molar-refractivity contribution in [2.45, 2.75) is 25.8 Å². The van der Waals surface area contributed by atoms with E-state index in [1.165, 1.54) is 35.0 Å². The van der Waals surface area contributed by atoms with Gasteiger partial charge in [0.2, 0.25) is 5.91 Å². The molecule has 0 atom stereocenters. The number of rotatable bonds is 5. The smallest absolute Gasteiger partial charge is 0.236 e. The maximum absolute atomic E-state index is 12.2. The third kappa shape index (κ3) is 3.76. The molecule has 0 saturated carbocycles. The van der Waals surface area contributed by atoms with Crippen molar-refractivity contribution >= 4 is 45.2 Å². The average molecular weight is 411 g/mol. The van der Waals surface area contributed by atoms with E-state index < -0.39 is 0 Å². The molecule has 0 bridgehead atoms. The number of anilines is 1. The van der Waals surface area contributed by atoms with Gasteiger partial charge in [-0.1, -0.05) is 29.5 Å². The van der Waals surface area contributed by atoms with E-state index in [0.717, 1.165) is 33.0 Å². The van der Waals surface area contributed by atoms with E-state index in [2.05, 4.69) is 51.3 Å². The lowest BCUT2D eigenvalue weighted by Gasteiger charge is -2.08. The summed E-state index contributed by atoms with van der Waals surface area (Å²) in [5, 5.41) is 11.4. The van der Waals surface area contributed by atoms with E-state index in [-0.39, 0.29) is 11.7 Å². The third-order valence-electron chi connectivity index (χ3n) is 4.12. The van der Waals surface area contributed by atoms with Crippen LogP contribution in [0, 0.1) is 20.8 Å². The van der Waals surface area contributed by atoms with Crippen LogP contribution in [0.2, 0.25) is 0 Å². The topological polar surface area (TPSA) is 85.6 Å². The number of carbonyl (C=O) groups excluding carboxylic acids is 1. The van der Waals surface area contributed by atoms with Crippen LogP contribution in [0.1, 0.15) is 16.8 Å². The van der Waals surface area contributed by atoms with Crippen LogP contribution in [0.3, 0.4) is 0 Å². The van der Waals surface area contributed by atoms with Gasteiger partial charge in [0.1, 0.15) is 11.4 Å². The molecule has 7 nitrogen and oxygen atoms in total. The van der Waals surface area contributed by atoms with E-state index in [4.69, 9.17) is 0 Å². The Morgan fingerprint density at radius 2 is 2.11 bits per heavy atom. The Morgan fingerprint density at radius 3 is 2.86 bits per heavy atom. The first-order valence-electron chi connectivity index (χ1n) is 8.62. The number of aromatic nitrogens is 5. The van der Waals surface area contributed by atoms with E-state index >= 15 is 0 Å². The predicted molar refractivity (Wildman–Crippen MR) is 112 cm³/mol. The molecule has 9 heteroatoms. The van der Waals surface area contributed by atoms with Gasteiger partial charge < -0.3 is 5.32 Å². The molecule has 0 aliphatic rings. The molecular weight excluding hydrogens is 392 g/mol. The van der Waals surface area contributed by atoms with E-state index in [9.17, 15) is 4.79 Å². The molecule has 0 radical (unpaired) electrons. The van der Waals surface area contributed by atoms with Gasteiger partial charge in [-0.05, 0) is 32.4 Å². The molecule has 1 amide bonds. The first kappa shape index (κ1) is 18.6. The number of hydrogen-bond acceptors (Lipinski definition) is 7.